The molecule has 0 atom stereocenters. The summed E-state index contributed by atoms with van der Waals surface area (Å²) in [5.41, 5.74) is 0.647. The Kier molecular flexibility index (Phi) is 6.46. The predicted octanol–water partition coefficient (Wildman–Crippen LogP) is 0.209. The van der Waals surface area contributed by atoms with Crippen molar-refractivity contribution in [3.63, 3.8) is 0 Å². The van der Waals surface area contributed by atoms with Crippen LogP contribution >= 0.6 is 12.2 Å². The molecule has 1 saturated carbocycles. The highest BCUT2D eigenvalue weighted by Crippen LogP contribution is 2.24. The van der Waals surface area contributed by atoms with Crippen LogP contribution < -0.4 is 15.5 Å². The molecule has 1 saturated heterocycles. The first-order chi connectivity index (χ1) is 12.9. The maximum absolute atomic E-state index is 12.7. The molecule has 148 valence electrons. The molecule has 2 fully saturated rings. The van der Waals surface area contributed by atoms with Crippen LogP contribution in [0.4, 0.5) is 5.69 Å². The van der Waals surface area contributed by atoms with Gasteiger partial charge in [0.15, 0.2) is 5.11 Å². The molecule has 0 bridgehead atoms. The Morgan fingerprint density at radius 3 is 2.33 bits per heavy atom. The van der Waals surface area contributed by atoms with Crippen molar-refractivity contribution >= 4 is 38.9 Å². The van der Waals surface area contributed by atoms with Crippen LogP contribution in [0.25, 0.3) is 0 Å². The van der Waals surface area contributed by atoms with E-state index in [4.69, 9.17) is 12.2 Å². The molecule has 1 amide bonds. The quantitative estimate of drug-likeness (QED) is 0.617. The van der Waals surface area contributed by atoms with Gasteiger partial charge in [0, 0.05) is 11.6 Å². The van der Waals surface area contributed by atoms with Crippen LogP contribution in [0.5, 0.6) is 0 Å². The number of quaternary nitrogens is 1. The van der Waals surface area contributed by atoms with Crippen molar-refractivity contribution in [1.82, 2.24) is 9.62 Å². The minimum Gasteiger partial charge on any atom is -0.335 e. The van der Waals surface area contributed by atoms with Gasteiger partial charge in [-0.2, -0.15) is 4.31 Å². The van der Waals surface area contributed by atoms with Gasteiger partial charge in [0.05, 0.1) is 38.1 Å². The van der Waals surface area contributed by atoms with Gasteiger partial charge in [-0.1, -0.05) is 12.8 Å². The molecule has 1 heterocycles. The number of nitrogens with one attached hydrogen (secondary N) is 3. The van der Waals surface area contributed by atoms with Gasteiger partial charge in [0.2, 0.25) is 15.9 Å². The molecular weight excluding hydrogens is 384 g/mol. The van der Waals surface area contributed by atoms with E-state index in [1.807, 2.05) is 0 Å². The average Bonchev–Trinajstić information content (AvgIpc) is 3.17. The molecule has 1 aromatic rings. The number of amides is 1. The zero-order valence-corrected chi connectivity index (χ0v) is 17.2. The summed E-state index contributed by atoms with van der Waals surface area (Å²) in [6.07, 6.45) is 4.00. The Balaban J connectivity index is 1.58. The van der Waals surface area contributed by atoms with E-state index in [0.29, 0.717) is 18.8 Å². The smallest absolute Gasteiger partial charge is 0.243 e. The zero-order valence-electron chi connectivity index (χ0n) is 15.5. The highest BCUT2D eigenvalue weighted by atomic mass is 32.2. The van der Waals surface area contributed by atoms with E-state index in [1.165, 1.54) is 9.21 Å². The predicted molar refractivity (Wildman–Crippen MR) is 108 cm³/mol. The number of nitrogens with zero attached hydrogens (tertiary/aromatic N) is 1. The maximum atomic E-state index is 12.7. The van der Waals surface area contributed by atoms with Crippen LogP contribution in [0.2, 0.25) is 0 Å². The summed E-state index contributed by atoms with van der Waals surface area (Å²) in [6, 6.07) is 6.49. The standard InChI is InChI=1S/C18H26N4O3S2/c1-21-10-12-22(13-11-21)27(24,25)16-8-6-15(7-9-16)19-18(26)20-17(23)14-4-2-3-5-14/h6-9,14H,2-5,10-13H2,1H3,(H2,19,20,23,26)/p+1. The van der Waals surface area contributed by atoms with E-state index in [-0.39, 0.29) is 21.8 Å². The van der Waals surface area contributed by atoms with E-state index in [0.717, 1.165) is 38.8 Å². The minimum atomic E-state index is -3.47. The maximum Gasteiger partial charge on any atom is 0.243 e. The molecule has 1 aliphatic heterocycles. The average molecular weight is 412 g/mol. The number of anilines is 1. The van der Waals surface area contributed by atoms with Crippen LogP contribution in [-0.2, 0) is 14.8 Å². The molecule has 1 aliphatic carbocycles. The highest BCUT2D eigenvalue weighted by Gasteiger charge is 2.29. The fourth-order valence-electron chi connectivity index (χ4n) is 3.53. The number of piperazine rings is 1. The van der Waals surface area contributed by atoms with Crippen LogP contribution in [0.1, 0.15) is 25.7 Å². The monoisotopic (exact) mass is 411 g/mol. The molecule has 2 aliphatic rings. The Bertz CT molecular complexity index is 781. The minimum absolute atomic E-state index is 0.0404. The van der Waals surface area contributed by atoms with Crippen LogP contribution in [0.3, 0.4) is 0 Å². The van der Waals surface area contributed by atoms with E-state index in [9.17, 15) is 13.2 Å². The number of likely N-dealkylation sites (N-methyl/N-ethyl adjacent to an activating group) is 1. The molecule has 3 N–H and O–H groups in total. The number of benzene rings is 1. The molecule has 27 heavy (non-hydrogen) atoms. The first-order valence-electron chi connectivity index (χ1n) is 9.39. The van der Waals surface area contributed by atoms with Crippen molar-refractivity contribution in [2.75, 3.05) is 38.5 Å². The lowest BCUT2D eigenvalue weighted by Gasteiger charge is -2.29. The Morgan fingerprint density at radius 1 is 1.15 bits per heavy atom. The first kappa shape index (κ1) is 20.2. The lowest BCUT2D eigenvalue weighted by molar-refractivity contribution is -0.883. The normalized spacial score (nSPS) is 19.7. The SMILES string of the molecule is C[NH+]1CCN(S(=O)(=O)c2ccc(NC(=S)NC(=O)C3CCCC3)cc2)CC1. The number of carbonyl (C=O) groups excluding carboxylic acids is 1. The summed E-state index contributed by atoms with van der Waals surface area (Å²) < 4.78 is 27.0. The summed E-state index contributed by atoms with van der Waals surface area (Å²) in [7, 11) is -1.40. The van der Waals surface area contributed by atoms with Gasteiger partial charge >= 0.3 is 0 Å². The van der Waals surface area contributed by atoms with E-state index in [2.05, 4.69) is 17.7 Å². The van der Waals surface area contributed by atoms with Crippen molar-refractivity contribution in [3.05, 3.63) is 24.3 Å². The number of carbonyl (C=O) groups is 1. The summed E-state index contributed by atoms with van der Waals surface area (Å²) in [4.78, 5) is 13.7. The fraction of sp³-hybridized carbons (Fsp3) is 0.556. The number of thiocarbonyl (C=S) groups is 1. The second-order valence-corrected chi connectivity index (χ2v) is 9.66. The van der Waals surface area contributed by atoms with Gasteiger partial charge in [-0.15, -0.1) is 0 Å². The largest absolute Gasteiger partial charge is 0.335 e. The Labute approximate surface area is 166 Å². The number of hydrogen-bond acceptors (Lipinski definition) is 4. The molecular formula is C18H27N4O3S2+. The highest BCUT2D eigenvalue weighted by molar-refractivity contribution is 7.89. The van der Waals surface area contributed by atoms with Gasteiger partial charge in [0.25, 0.3) is 0 Å². The topological polar surface area (TPSA) is 82.9 Å². The zero-order chi connectivity index (χ0) is 19.4. The Morgan fingerprint density at radius 2 is 1.74 bits per heavy atom. The molecule has 1 aromatic carbocycles. The van der Waals surface area contributed by atoms with Crippen LogP contribution in [0.15, 0.2) is 29.2 Å². The molecule has 0 radical (unpaired) electrons. The van der Waals surface area contributed by atoms with Crippen LogP contribution in [0, 0.1) is 5.92 Å². The lowest BCUT2D eigenvalue weighted by Crippen LogP contribution is -3.12. The van der Waals surface area contributed by atoms with E-state index < -0.39 is 10.0 Å². The number of rotatable bonds is 4. The second kappa shape index (κ2) is 8.64. The van der Waals surface area contributed by atoms with Crippen molar-refractivity contribution in [1.29, 1.82) is 0 Å². The van der Waals surface area contributed by atoms with Gasteiger partial charge in [-0.25, -0.2) is 8.42 Å². The van der Waals surface area contributed by atoms with Gasteiger partial charge in [-0.05, 0) is 49.3 Å². The van der Waals surface area contributed by atoms with Crippen LogP contribution in [-0.4, -0.2) is 57.0 Å². The molecule has 3 rings (SSSR count). The van der Waals surface area contributed by atoms with Gasteiger partial charge in [-0.3, -0.25) is 4.79 Å². The second-order valence-electron chi connectivity index (χ2n) is 7.31. The van der Waals surface area contributed by atoms with Crippen molar-refractivity contribution in [2.45, 2.75) is 30.6 Å². The van der Waals surface area contributed by atoms with Crippen molar-refractivity contribution < 1.29 is 18.1 Å². The van der Waals surface area contributed by atoms with E-state index in [1.54, 1.807) is 24.3 Å². The summed E-state index contributed by atoms with van der Waals surface area (Å²) >= 11 is 5.20. The third kappa shape index (κ3) is 5.04. The molecule has 7 nitrogen and oxygen atoms in total. The summed E-state index contributed by atoms with van der Waals surface area (Å²) in [5, 5.41) is 5.91. The molecule has 0 unspecified atom stereocenters. The molecule has 9 heteroatoms. The molecule has 0 spiro atoms. The van der Waals surface area contributed by atoms with Gasteiger partial charge < -0.3 is 15.5 Å². The van der Waals surface area contributed by atoms with Crippen molar-refractivity contribution in [3.8, 4) is 0 Å². The fourth-order valence-corrected chi connectivity index (χ4v) is 5.19. The molecule has 0 aromatic heterocycles. The lowest BCUT2D eigenvalue weighted by atomic mass is 10.1. The van der Waals surface area contributed by atoms with Crippen molar-refractivity contribution in [2.24, 2.45) is 5.92 Å². The van der Waals surface area contributed by atoms with Gasteiger partial charge in [0.1, 0.15) is 0 Å². The summed E-state index contributed by atoms with van der Waals surface area (Å²) in [6.45, 7) is 2.69. The number of sulfonamides is 1. The first-order valence-corrected chi connectivity index (χ1v) is 11.2. The number of hydrogen-bond donors (Lipinski definition) is 3. The Hall–Kier alpha value is -1.55. The third-order valence-corrected chi connectivity index (χ3v) is 7.41. The van der Waals surface area contributed by atoms with E-state index >= 15 is 0 Å². The summed E-state index contributed by atoms with van der Waals surface area (Å²) in [5.74, 6) is 0.00379. The third-order valence-electron chi connectivity index (χ3n) is 5.29.